The van der Waals surface area contributed by atoms with Gasteiger partial charge in [0.2, 0.25) is 5.91 Å². The summed E-state index contributed by atoms with van der Waals surface area (Å²) in [5, 5.41) is 14.8. The van der Waals surface area contributed by atoms with Crippen LogP contribution in [-0.2, 0) is 27.3 Å². The van der Waals surface area contributed by atoms with Gasteiger partial charge in [-0.15, -0.1) is 12.8 Å². The van der Waals surface area contributed by atoms with Crippen molar-refractivity contribution in [2.24, 2.45) is 5.92 Å². The van der Waals surface area contributed by atoms with E-state index in [2.05, 4.69) is 35.4 Å². The Hall–Kier alpha value is -5.40. The number of aromatic nitrogens is 1. The molecular formula is C38H48N4O6. The number of pyridine rings is 1. The first kappa shape index (κ1) is 40.6. The van der Waals surface area contributed by atoms with E-state index < -0.39 is 6.09 Å². The van der Waals surface area contributed by atoms with Crippen molar-refractivity contribution in [2.75, 3.05) is 37.4 Å². The molecule has 2 amide bonds. The summed E-state index contributed by atoms with van der Waals surface area (Å²) in [6, 6.07) is 22.6. The van der Waals surface area contributed by atoms with Crippen molar-refractivity contribution in [1.82, 2.24) is 9.88 Å². The van der Waals surface area contributed by atoms with Gasteiger partial charge in [0.15, 0.2) is 0 Å². The molecule has 256 valence electrons. The number of benzene rings is 3. The van der Waals surface area contributed by atoms with Gasteiger partial charge in [-0.05, 0) is 72.2 Å². The maximum absolute atomic E-state index is 12.8. The van der Waals surface area contributed by atoms with E-state index in [0.29, 0.717) is 29.7 Å². The number of amides is 2. The van der Waals surface area contributed by atoms with Crippen molar-refractivity contribution in [3.63, 3.8) is 0 Å². The van der Waals surface area contributed by atoms with Gasteiger partial charge < -0.3 is 29.8 Å². The molecule has 4 aromatic rings. The minimum Gasteiger partial charge on any atom is -0.449 e. The molecular weight excluding hydrogens is 608 g/mol. The van der Waals surface area contributed by atoms with E-state index in [1.807, 2.05) is 80.4 Å². The molecule has 0 spiro atoms. The van der Waals surface area contributed by atoms with Crippen molar-refractivity contribution in [1.29, 1.82) is 0 Å². The molecule has 1 aliphatic rings. The second-order valence-electron chi connectivity index (χ2n) is 10.8. The fraction of sp³-hybridized carbons (Fsp3) is 0.316. The van der Waals surface area contributed by atoms with Crippen LogP contribution in [0, 0.1) is 25.7 Å². The lowest BCUT2D eigenvalue weighted by molar-refractivity contribution is -0.128. The van der Waals surface area contributed by atoms with Crippen LogP contribution in [0.25, 0.3) is 10.8 Å². The largest absolute Gasteiger partial charge is 0.449 e. The van der Waals surface area contributed by atoms with Gasteiger partial charge in [-0.3, -0.25) is 14.9 Å². The minimum absolute atomic E-state index is 0.0808. The Bertz CT molecular complexity index is 1620. The summed E-state index contributed by atoms with van der Waals surface area (Å²) in [6.07, 6.45) is 12.7. The Balaban J connectivity index is 0.000000916. The number of hydrogen-bond donors (Lipinski definition) is 4. The van der Waals surface area contributed by atoms with Gasteiger partial charge in [-0.2, -0.15) is 0 Å². The van der Waals surface area contributed by atoms with Crippen molar-refractivity contribution < 1.29 is 24.2 Å². The van der Waals surface area contributed by atoms with Gasteiger partial charge in [0.25, 0.3) is 5.56 Å². The number of likely N-dealkylation sites (N-methyl/N-ethyl adjacent to an activating group) is 1. The quantitative estimate of drug-likeness (QED) is 0.158. The summed E-state index contributed by atoms with van der Waals surface area (Å²) in [4.78, 5) is 49.3. The van der Waals surface area contributed by atoms with Gasteiger partial charge in [0, 0.05) is 49.6 Å². The number of anilines is 2. The van der Waals surface area contributed by atoms with Crippen molar-refractivity contribution >= 4 is 40.9 Å². The van der Waals surface area contributed by atoms with Crippen LogP contribution < -0.4 is 16.2 Å². The topological polar surface area (TPSA) is 141 Å². The molecule has 1 aromatic heterocycles. The molecule has 1 fully saturated rings. The lowest BCUT2D eigenvalue weighted by atomic mass is 10.1. The number of nitrogens with zero attached hydrogens (tertiary/aromatic N) is 1. The third-order valence-electron chi connectivity index (χ3n) is 6.98. The number of ether oxygens (including phenoxy) is 1. The van der Waals surface area contributed by atoms with Gasteiger partial charge in [0.1, 0.15) is 6.79 Å². The zero-order chi connectivity index (χ0) is 35.9. The number of aryl methyl sites for hydroxylation is 1. The molecule has 1 aliphatic carbocycles. The number of H-pyrrole nitrogens is 1. The zero-order valence-electron chi connectivity index (χ0n) is 28.3. The first-order valence-corrected chi connectivity index (χ1v) is 15.6. The van der Waals surface area contributed by atoms with E-state index >= 15 is 0 Å². The number of rotatable bonds is 9. The van der Waals surface area contributed by atoms with Crippen molar-refractivity contribution in [2.45, 2.75) is 46.6 Å². The summed E-state index contributed by atoms with van der Waals surface area (Å²) < 4.78 is 5.30. The van der Waals surface area contributed by atoms with Crippen LogP contribution in [0.1, 0.15) is 43.4 Å². The van der Waals surface area contributed by atoms with Gasteiger partial charge in [0.05, 0.1) is 13.2 Å². The van der Waals surface area contributed by atoms with Crippen LogP contribution in [0.2, 0.25) is 0 Å². The lowest BCUT2D eigenvalue weighted by Crippen LogP contribution is -2.32. The highest BCUT2D eigenvalue weighted by Gasteiger charge is 2.13. The maximum atomic E-state index is 12.8. The number of carbonyl (C=O) groups is 3. The van der Waals surface area contributed by atoms with Gasteiger partial charge in [-0.1, -0.05) is 62.2 Å². The first-order chi connectivity index (χ1) is 23.2. The minimum atomic E-state index is -0.520. The molecule has 0 radical (unpaired) electrons. The molecule has 4 N–H and O–H groups in total. The van der Waals surface area contributed by atoms with Crippen molar-refractivity contribution in [3.8, 4) is 12.8 Å². The first-order valence-electron chi connectivity index (χ1n) is 15.6. The number of aliphatic hydroxyl groups excluding tert-OH is 1. The molecule has 1 saturated carbocycles. The Labute approximate surface area is 283 Å². The Morgan fingerprint density at radius 2 is 1.65 bits per heavy atom. The van der Waals surface area contributed by atoms with E-state index in [9.17, 15) is 14.4 Å². The monoisotopic (exact) mass is 656 g/mol. The van der Waals surface area contributed by atoms with Crippen LogP contribution in [0.15, 0.2) is 83.8 Å². The molecule has 0 aliphatic heterocycles. The summed E-state index contributed by atoms with van der Waals surface area (Å²) in [5.74, 6) is 0.972. The van der Waals surface area contributed by atoms with E-state index in [-0.39, 0.29) is 31.2 Å². The summed E-state index contributed by atoms with van der Waals surface area (Å²) >= 11 is 0. The number of terminal acetylenes is 1. The van der Waals surface area contributed by atoms with Crippen molar-refractivity contribution in [3.05, 3.63) is 106 Å². The second kappa shape index (κ2) is 23.0. The molecule has 1 heterocycles. The molecule has 10 heteroatoms. The van der Waals surface area contributed by atoms with E-state index in [4.69, 9.17) is 14.6 Å². The Kier molecular flexibility index (Phi) is 19.5. The van der Waals surface area contributed by atoms with Gasteiger partial charge >= 0.3 is 6.09 Å². The van der Waals surface area contributed by atoms with E-state index in [1.165, 1.54) is 12.8 Å². The van der Waals surface area contributed by atoms with Crippen LogP contribution in [0.4, 0.5) is 16.2 Å². The average molecular weight is 657 g/mol. The summed E-state index contributed by atoms with van der Waals surface area (Å²) in [6.45, 7) is 8.91. The highest BCUT2D eigenvalue weighted by Crippen LogP contribution is 2.26. The molecule has 0 atom stereocenters. The predicted molar refractivity (Wildman–Crippen MR) is 194 cm³/mol. The number of aromatic amines is 1. The van der Waals surface area contributed by atoms with E-state index in [0.717, 1.165) is 28.0 Å². The fourth-order valence-electron chi connectivity index (χ4n) is 4.10. The molecule has 0 bridgehead atoms. The average Bonchev–Trinajstić information content (AvgIpc) is 3.90. The number of nitrogens with one attached hydrogen (secondary N) is 3. The highest BCUT2D eigenvalue weighted by atomic mass is 16.5. The number of carbonyl (C=O) groups excluding carboxylic acids is 3. The molecule has 10 nitrogen and oxygen atoms in total. The zero-order valence-corrected chi connectivity index (χ0v) is 28.3. The van der Waals surface area contributed by atoms with Crippen LogP contribution in [0.5, 0.6) is 0 Å². The fourth-order valence-corrected chi connectivity index (χ4v) is 4.10. The number of fused-ring (bicyclic) bond motifs is 1. The molecule has 3 aromatic carbocycles. The normalized spacial score (nSPS) is 10.9. The summed E-state index contributed by atoms with van der Waals surface area (Å²) in [5.41, 5.74) is 4.14. The number of aliphatic hydroxyl groups is 1. The summed E-state index contributed by atoms with van der Waals surface area (Å²) in [7, 11) is 1.73. The standard InChI is InChI=1S/C29H30N4O4.C4H8.C2H6O.C2H2.CH2O/c1-20-8-10-25(32-29(36)37-15-13-21-6-4-3-5-7-21)16-23(20)19-33(2)27(34)18-31-24-11-9-22-12-14-30-28(35)26(22)17-24;1-4-2-3-4;1-2-3;2*1-2/h3-12,14,16-17,31H,13,15,18-19H2,1-2H3,(H,30,35)(H,32,36);4H,2-3H2,1H3;3H,2H2,1H3;1-2H;1H2. The SMILES string of the molecule is C#C.C=O.CC1CC1.CCO.Cc1ccc(NC(=O)OCCc2ccccc2)cc1CN(C)C(=O)CNc1ccc2cc[nH]c(=O)c2c1. The Morgan fingerprint density at radius 1 is 1.02 bits per heavy atom. The van der Waals surface area contributed by atoms with Crippen LogP contribution in [-0.4, -0.2) is 60.6 Å². The van der Waals surface area contributed by atoms with Gasteiger partial charge in [-0.25, -0.2) is 4.79 Å². The van der Waals surface area contributed by atoms with Crippen LogP contribution in [0.3, 0.4) is 0 Å². The number of hydrogen-bond acceptors (Lipinski definition) is 7. The second-order valence-corrected chi connectivity index (χ2v) is 10.8. The third kappa shape index (κ3) is 15.3. The Morgan fingerprint density at radius 3 is 2.27 bits per heavy atom. The highest BCUT2D eigenvalue weighted by molar-refractivity contribution is 5.87. The molecule has 0 unspecified atom stereocenters. The van der Waals surface area contributed by atoms with E-state index in [1.54, 1.807) is 31.1 Å². The molecule has 5 rings (SSSR count). The third-order valence-corrected chi connectivity index (χ3v) is 6.98. The maximum Gasteiger partial charge on any atom is 0.411 e. The van der Waals surface area contributed by atoms with Crippen LogP contribution >= 0.6 is 0 Å². The molecule has 48 heavy (non-hydrogen) atoms. The predicted octanol–water partition coefficient (Wildman–Crippen LogP) is 6.18. The molecule has 0 saturated heterocycles. The smallest absolute Gasteiger partial charge is 0.411 e. The lowest BCUT2D eigenvalue weighted by Gasteiger charge is -2.20.